The zero-order valence-electron chi connectivity index (χ0n) is 15.0. The van der Waals surface area contributed by atoms with Crippen LogP contribution in [0.3, 0.4) is 0 Å². The third kappa shape index (κ3) is 3.95. The maximum absolute atomic E-state index is 12.6. The van der Waals surface area contributed by atoms with Crippen LogP contribution < -0.4 is 11.0 Å². The summed E-state index contributed by atoms with van der Waals surface area (Å²) >= 11 is 0. The number of carbonyl (C=O) groups is 1. The number of hydrogen-bond acceptors (Lipinski definition) is 7. The van der Waals surface area contributed by atoms with Gasteiger partial charge in [0.15, 0.2) is 11.5 Å². The number of aromatic nitrogens is 2. The summed E-state index contributed by atoms with van der Waals surface area (Å²) in [6, 6.07) is 9.25. The molecule has 0 bridgehead atoms. The molecule has 1 amide bonds. The largest absolute Gasteiger partial charge is 0.433 e. The molecule has 0 aliphatic carbocycles. The van der Waals surface area contributed by atoms with Gasteiger partial charge in [0.2, 0.25) is 0 Å². The maximum atomic E-state index is 12.6. The normalized spacial score (nSPS) is 11.2. The molecular formula is C18H17N5O5. The molecule has 0 aliphatic heterocycles. The molecule has 0 saturated heterocycles. The molecule has 10 nitrogen and oxygen atoms in total. The number of hydrazone groups is 1. The van der Waals surface area contributed by atoms with E-state index in [1.54, 1.807) is 24.3 Å². The van der Waals surface area contributed by atoms with Gasteiger partial charge in [0.05, 0.1) is 17.7 Å². The second-order valence-corrected chi connectivity index (χ2v) is 5.91. The average Bonchev–Trinajstić information content (AvgIpc) is 3.17. The number of nitrogens with one attached hydrogen (secondary N) is 1. The van der Waals surface area contributed by atoms with Gasteiger partial charge in [-0.3, -0.25) is 19.7 Å². The predicted octanol–water partition coefficient (Wildman–Crippen LogP) is 2.46. The van der Waals surface area contributed by atoms with E-state index in [2.05, 4.69) is 15.6 Å². The summed E-state index contributed by atoms with van der Waals surface area (Å²) in [5, 5.41) is 19.4. The number of benzene rings is 1. The third-order valence-electron chi connectivity index (χ3n) is 3.96. The van der Waals surface area contributed by atoms with Crippen LogP contribution in [0.5, 0.6) is 0 Å². The molecule has 0 atom stereocenters. The molecule has 2 heterocycles. The van der Waals surface area contributed by atoms with Crippen molar-refractivity contribution < 1.29 is 14.1 Å². The fourth-order valence-corrected chi connectivity index (χ4v) is 2.58. The molecule has 28 heavy (non-hydrogen) atoms. The Morgan fingerprint density at radius 1 is 1.32 bits per heavy atom. The van der Waals surface area contributed by atoms with E-state index in [0.29, 0.717) is 17.3 Å². The molecule has 10 heteroatoms. The molecule has 0 saturated carbocycles. The van der Waals surface area contributed by atoms with E-state index in [0.717, 1.165) is 19.1 Å². The van der Waals surface area contributed by atoms with Crippen molar-refractivity contribution in [3.05, 3.63) is 68.3 Å². The summed E-state index contributed by atoms with van der Waals surface area (Å²) in [5.74, 6) is -0.931. The Morgan fingerprint density at radius 3 is 2.75 bits per heavy atom. The topological polar surface area (TPSA) is 133 Å². The van der Waals surface area contributed by atoms with Crippen molar-refractivity contribution in [2.45, 2.75) is 26.3 Å². The van der Waals surface area contributed by atoms with E-state index in [9.17, 15) is 19.7 Å². The number of fused-ring (bicyclic) bond motifs is 1. The van der Waals surface area contributed by atoms with Crippen LogP contribution in [0.1, 0.15) is 36.0 Å². The van der Waals surface area contributed by atoms with Crippen LogP contribution in [-0.4, -0.2) is 26.8 Å². The van der Waals surface area contributed by atoms with Gasteiger partial charge in [-0.2, -0.15) is 10.2 Å². The van der Waals surface area contributed by atoms with Crippen molar-refractivity contribution in [1.82, 2.24) is 15.2 Å². The third-order valence-corrected chi connectivity index (χ3v) is 3.96. The highest BCUT2D eigenvalue weighted by Crippen LogP contribution is 2.15. The van der Waals surface area contributed by atoms with E-state index in [-0.39, 0.29) is 17.0 Å². The second-order valence-electron chi connectivity index (χ2n) is 5.91. The number of rotatable bonds is 7. The van der Waals surface area contributed by atoms with E-state index in [1.807, 2.05) is 6.92 Å². The Hall–Kier alpha value is -3.82. The van der Waals surface area contributed by atoms with Crippen LogP contribution in [-0.2, 0) is 6.54 Å². The number of aryl methyl sites for hydroxylation is 1. The van der Waals surface area contributed by atoms with Gasteiger partial charge >= 0.3 is 5.88 Å². The number of nitro groups is 1. The van der Waals surface area contributed by atoms with Gasteiger partial charge < -0.3 is 4.42 Å². The van der Waals surface area contributed by atoms with Gasteiger partial charge in [0.25, 0.3) is 11.5 Å². The van der Waals surface area contributed by atoms with Gasteiger partial charge in [-0.05, 0) is 18.6 Å². The molecule has 1 aromatic carbocycles. The first kappa shape index (κ1) is 19.0. The van der Waals surface area contributed by atoms with Crippen LogP contribution in [0.2, 0.25) is 0 Å². The lowest BCUT2D eigenvalue weighted by molar-refractivity contribution is -0.402. The Balaban J connectivity index is 1.87. The number of hydrogen-bond donors (Lipinski definition) is 1. The summed E-state index contributed by atoms with van der Waals surface area (Å²) in [5.41, 5.74) is 2.11. The summed E-state index contributed by atoms with van der Waals surface area (Å²) in [7, 11) is 0. The van der Waals surface area contributed by atoms with Crippen LogP contribution in [0, 0.1) is 10.1 Å². The minimum atomic E-state index is -0.675. The van der Waals surface area contributed by atoms with E-state index in [4.69, 9.17) is 4.42 Å². The molecular weight excluding hydrogens is 366 g/mol. The van der Waals surface area contributed by atoms with Crippen molar-refractivity contribution in [3.63, 3.8) is 0 Å². The fourth-order valence-electron chi connectivity index (χ4n) is 2.58. The quantitative estimate of drug-likeness (QED) is 0.378. The highest BCUT2D eigenvalue weighted by Gasteiger charge is 2.16. The number of furan rings is 1. The first-order chi connectivity index (χ1) is 13.5. The predicted molar refractivity (Wildman–Crippen MR) is 101 cm³/mol. The van der Waals surface area contributed by atoms with Gasteiger partial charge in [0.1, 0.15) is 4.92 Å². The van der Waals surface area contributed by atoms with Crippen LogP contribution in [0.25, 0.3) is 10.8 Å². The standard InChI is InChI=1S/C18H17N5O5/c1-2-3-10-22-18(25)14-7-5-4-6-13(14)16(21-22)17(24)20-19-11-12-8-9-15(28-12)23(26)27/h4-9,11H,2-3,10H2,1H3,(H,20,24)/b19-11-. The molecule has 0 aliphatic rings. The highest BCUT2D eigenvalue weighted by molar-refractivity contribution is 6.04. The number of unbranched alkanes of at least 4 members (excludes halogenated alkanes) is 1. The fraction of sp³-hybridized carbons (Fsp3) is 0.222. The van der Waals surface area contributed by atoms with Crippen molar-refractivity contribution in [2.24, 2.45) is 5.10 Å². The Bertz CT molecular complexity index is 1110. The first-order valence-corrected chi connectivity index (χ1v) is 8.58. The summed E-state index contributed by atoms with van der Waals surface area (Å²) < 4.78 is 6.20. The summed E-state index contributed by atoms with van der Waals surface area (Å²) in [6.45, 7) is 2.40. The molecule has 0 fully saturated rings. The highest BCUT2D eigenvalue weighted by atomic mass is 16.6. The van der Waals surface area contributed by atoms with Crippen molar-refractivity contribution >= 4 is 28.8 Å². The van der Waals surface area contributed by atoms with Crippen molar-refractivity contribution in [3.8, 4) is 0 Å². The Morgan fingerprint density at radius 2 is 2.07 bits per heavy atom. The molecule has 0 spiro atoms. The van der Waals surface area contributed by atoms with Gasteiger partial charge in [-0.25, -0.2) is 10.1 Å². The first-order valence-electron chi connectivity index (χ1n) is 8.58. The number of amides is 1. The summed E-state index contributed by atoms with van der Waals surface area (Å²) in [6.07, 6.45) is 2.77. The second kappa shape index (κ2) is 8.25. The van der Waals surface area contributed by atoms with E-state index in [1.165, 1.54) is 16.8 Å². The maximum Gasteiger partial charge on any atom is 0.433 e. The monoisotopic (exact) mass is 383 g/mol. The number of nitrogens with zero attached hydrogens (tertiary/aromatic N) is 4. The molecule has 144 valence electrons. The SMILES string of the molecule is CCCCn1nc(C(=O)N/N=C\c2ccc([N+](=O)[O-])o2)c2ccccc2c1=O. The molecule has 2 aromatic heterocycles. The van der Waals surface area contributed by atoms with Crippen molar-refractivity contribution in [2.75, 3.05) is 0 Å². The lowest BCUT2D eigenvalue weighted by atomic mass is 10.1. The molecule has 1 N–H and O–H groups in total. The number of carbonyl (C=O) groups excluding carboxylic acids is 1. The summed E-state index contributed by atoms with van der Waals surface area (Å²) in [4.78, 5) is 35.0. The van der Waals surface area contributed by atoms with Crippen molar-refractivity contribution in [1.29, 1.82) is 0 Å². The van der Waals surface area contributed by atoms with Crippen LogP contribution in [0.15, 0.2) is 50.7 Å². The van der Waals surface area contributed by atoms with Gasteiger partial charge in [-0.15, -0.1) is 0 Å². The van der Waals surface area contributed by atoms with E-state index >= 15 is 0 Å². The van der Waals surface area contributed by atoms with Crippen LogP contribution in [0.4, 0.5) is 5.88 Å². The Kier molecular flexibility index (Phi) is 5.58. The van der Waals surface area contributed by atoms with Gasteiger partial charge in [0, 0.05) is 11.9 Å². The zero-order valence-corrected chi connectivity index (χ0v) is 15.0. The smallest absolute Gasteiger partial charge is 0.400 e. The van der Waals surface area contributed by atoms with Crippen LogP contribution >= 0.6 is 0 Å². The molecule has 3 rings (SSSR count). The minimum Gasteiger partial charge on any atom is -0.400 e. The minimum absolute atomic E-state index is 0.0638. The molecule has 3 aromatic rings. The molecule has 0 radical (unpaired) electrons. The van der Waals surface area contributed by atoms with E-state index < -0.39 is 16.7 Å². The Labute approximate surface area is 158 Å². The van der Waals surface area contributed by atoms with Gasteiger partial charge in [-0.1, -0.05) is 31.5 Å². The molecule has 0 unspecified atom stereocenters. The zero-order chi connectivity index (χ0) is 20.1. The average molecular weight is 383 g/mol. The lowest BCUT2D eigenvalue weighted by Crippen LogP contribution is -2.29. The lowest BCUT2D eigenvalue weighted by Gasteiger charge is -2.09.